The number of nitrogens with one attached hydrogen (secondary N) is 1. The van der Waals surface area contributed by atoms with Crippen molar-refractivity contribution >= 4 is 22.5 Å². The Morgan fingerprint density at radius 3 is 2.32 bits per heavy atom. The summed E-state index contributed by atoms with van der Waals surface area (Å²) in [7, 11) is 0. The fraction of sp³-hybridized carbons (Fsp3) is 0.0870. The number of alkyl halides is 4. The van der Waals surface area contributed by atoms with E-state index < -0.39 is 30.6 Å². The van der Waals surface area contributed by atoms with Gasteiger partial charge in [0, 0.05) is 11.6 Å². The fourth-order valence-electron chi connectivity index (χ4n) is 3.20. The summed E-state index contributed by atoms with van der Waals surface area (Å²) >= 11 is 0. The second-order valence-electron chi connectivity index (χ2n) is 6.85. The standard InChI is InChI=1S/C23H15F4N3O4/c24-22(25)33-15-9-10-18(19(11-15)34-23(26)27)29-20(31)13-5-7-14(8-6-13)30-12-28-17-4-2-1-3-16(17)21(30)32/h1-12,22-23H,(H,29,31). The highest BCUT2D eigenvalue weighted by Crippen LogP contribution is 2.32. The normalized spacial score (nSPS) is 11.1. The van der Waals surface area contributed by atoms with Crippen molar-refractivity contribution in [3.05, 3.63) is 89.0 Å². The summed E-state index contributed by atoms with van der Waals surface area (Å²) in [6.45, 7) is -6.42. The Labute approximate surface area is 189 Å². The molecule has 0 spiro atoms. The smallest absolute Gasteiger partial charge is 0.387 e. The Morgan fingerprint density at radius 1 is 0.912 bits per heavy atom. The van der Waals surface area contributed by atoms with Crippen molar-refractivity contribution in [1.82, 2.24) is 9.55 Å². The van der Waals surface area contributed by atoms with Crippen molar-refractivity contribution in [2.24, 2.45) is 0 Å². The van der Waals surface area contributed by atoms with Gasteiger partial charge in [0.25, 0.3) is 11.5 Å². The number of nitrogens with zero attached hydrogens (tertiary/aromatic N) is 2. The van der Waals surface area contributed by atoms with E-state index in [0.717, 1.165) is 18.2 Å². The Bertz CT molecular complexity index is 1390. The minimum atomic E-state index is -3.26. The van der Waals surface area contributed by atoms with Crippen LogP contribution in [-0.4, -0.2) is 28.7 Å². The molecule has 11 heteroatoms. The number of amides is 1. The van der Waals surface area contributed by atoms with E-state index in [2.05, 4.69) is 19.8 Å². The lowest BCUT2D eigenvalue weighted by Crippen LogP contribution is -2.19. The van der Waals surface area contributed by atoms with Crippen LogP contribution in [-0.2, 0) is 0 Å². The largest absolute Gasteiger partial charge is 0.435 e. The number of hydrogen-bond acceptors (Lipinski definition) is 5. The summed E-state index contributed by atoms with van der Waals surface area (Å²) in [6, 6.07) is 15.7. The number of ether oxygens (including phenoxy) is 2. The van der Waals surface area contributed by atoms with Gasteiger partial charge in [0.15, 0.2) is 5.75 Å². The van der Waals surface area contributed by atoms with Crippen LogP contribution in [0.25, 0.3) is 16.6 Å². The fourth-order valence-corrected chi connectivity index (χ4v) is 3.20. The molecule has 1 heterocycles. The van der Waals surface area contributed by atoms with Gasteiger partial charge in [-0.25, -0.2) is 4.98 Å². The topological polar surface area (TPSA) is 82.4 Å². The van der Waals surface area contributed by atoms with Crippen LogP contribution in [0.4, 0.5) is 23.2 Å². The molecule has 174 valence electrons. The van der Waals surface area contributed by atoms with E-state index in [4.69, 9.17) is 0 Å². The van der Waals surface area contributed by atoms with Crippen molar-refractivity contribution in [2.45, 2.75) is 13.2 Å². The molecule has 4 rings (SSSR count). The van der Waals surface area contributed by atoms with Gasteiger partial charge >= 0.3 is 13.2 Å². The quantitative estimate of drug-likeness (QED) is 0.389. The molecule has 0 bridgehead atoms. The van der Waals surface area contributed by atoms with Crippen LogP contribution in [0.15, 0.2) is 77.9 Å². The van der Waals surface area contributed by atoms with Gasteiger partial charge in [-0.1, -0.05) is 12.1 Å². The molecule has 4 aromatic rings. The van der Waals surface area contributed by atoms with E-state index in [1.807, 2.05) is 0 Å². The van der Waals surface area contributed by atoms with Crippen molar-refractivity contribution in [3.63, 3.8) is 0 Å². The van der Waals surface area contributed by atoms with E-state index in [1.54, 1.807) is 24.3 Å². The Kier molecular flexibility index (Phi) is 6.44. The number of rotatable bonds is 7. The highest BCUT2D eigenvalue weighted by molar-refractivity contribution is 6.05. The number of aromatic nitrogens is 2. The first-order valence-corrected chi connectivity index (χ1v) is 9.73. The van der Waals surface area contributed by atoms with Gasteiger partial charge in [0.1, 0.15) is 12.1 Å². The maximum Gasteiger partial charge on any atom is 0.387 e. The number of para-hydroxylation sites is 1. The second kappa shape index (κ2) is 9.61. The molecule has 1 aromatic heterocycles. The average Bonchev–Trinajstić information content (AvgIpc) is 2.80. The molecule has 0 atom stereocenters. The van der Waals surface area contributed by atoms with E-state index in [-0.39, 0.29) is 16.8 Å². The number of hydrogen-bond donors (Lipinski definition) is 1. The summed E-state index contributed by atoms with van der Waals surface area (Å²) in [4.78, 5) is 29.6. The van der Waals surface area contributed by atoms with Crippen LogP contribution in [0, 0.1) is 0 Å². The predicted molar refractivity (Wildman–Crippen MR) is 115 cm³/mol. The molecule has 1 N–H and O–H groups in total. The molecular formula is C23H15F4N3O4. The molecule has 0 radical (unpaired) electrons. The number of fused-ring (bicyclic) bond motifs is 1. The number of benzene rings is 3. The maximum absolute atomic E-state index is 12.7. The van der Waals surface area contributed by atoms with Gasteiger partial charge in [-0.2, -0.15) is 17.6 Å². The molecule has 1 amide bonds. The first kappa shape index (κ1) is 22.8. The third kappa shape index (κ3) is 4.98. The monoisotopic (exact) mass is 473 g/mol. The summed E-state index contributed by atoms with van der Waals surface area (Å²) in [6.07, 6.45) is 1.37. The third-order valence-electron chi connectivity index (χ3n) is 4.72. The lowest BCUT2D eigenvalue weighted by Gasteiger charge is -2.14. The van der Waals surface area contributed by atoms with Crippen LogP contribution in [0.1, 0.15) is 10.4 Å². The van der Waals surface area contributed by atoms with Crippen molar-refractivity contribution in [1.29, 1.82) is 0 Å². The summed E-state index contributed by atoms with van der Waals surface area (Å²) < 4.78 is 60.1. The molecule has 7 nitrogen and oxygen atoms in total. The molecule has 0 fully saturated rings. The first-order chi connectivity index (χ1) is 16.3. The first-order valence-electron chi connectivity index (χ1n) is 9.73. The van der Waals surface area contributed by atoms with Crippen LogP contribution in [0.2, 0.25) is 0 Å². The van der Waals surface area contributed by atoms with Gasteiger partial charge in [0.05, 0.1) is 22.3 Å². The number of anilines is 1. The lowest BCUT2D eigenvalue weighted by molar-refractivity contribution is -0.0540. The predicted octanol–water partition coefficient (Wildman–Crippen LogP) is 4.84. The second-order valence-corrected chi connectivity index (χ2v) is 6.85. The van der Waals surface area contributed by atoms with Gasteiger partial charge in [0.2, 0.25) is 0 Å². The minimum absolute atomic E-state index is 0.140. The molecule has 0 aliphatic rings. The van der Waals surface area contributed by atoms with E-state index in [1.165, 1.54) is 35.2 Å². The number of carbonyl (C=O) groups is 1. The molecular weight excluding hydrogens is 458 g/mol. The van der Waals surface area contributed by atoms with E-state index in [9.17, 15) is 27.2 Å². The highest BCUT2D eigenvalue weighted by Gasteiger charge is 2.16. The number of carbonyl (C=O) groups excluding carboxylic acids is 1. The molecule has 3 aromatic carbocycles. The summed E-state index contributed by atoms with van der Waals surface area (Å²) in [5, 5.41) is 2.81. The zero-order valence-electron chi connectivity index (χ0n) is 17.1. The van der Waals surface area contributed by atoms with Crippen LogP contribution < -0.4 is 20.3 Å². The number of halogens is 4. The van der Waals surface area contributed by atoms with Gasteiger partial charge in [-0.05, 0) is 48.5 Å². The van der Waals surface area contributed by atoms with Crippen molar-refractivity contribution in [3.8, 4) is 17.2 Å². The lowest BCUT2D eigenvalue weighted by atomic mass is 10.1. The Balaban J connectivity index is 1.57. The third-order valence-corrected chi connectivity index (χ3v) is 4.72. The molecule has 0 saturated heterocycles. The molecule has 0 unspecified atom stereocenters. The Morgan fingerprint density at radius 2 is 1.62 bits per heavy atom. The van der Waals surface area contributed by atoms with Gasteiger partial charge in [-0.3, -0.25) is 14.2 Å². The molecule has 34 heavy (non-hydrogen) atoms. The highest BCUT2D eigenvalue weighted by atomic mass is 19.3. The SMILES string of the molecule is O=C(Nc1ccc(OC(F)F)cc1OC(F)F)c1ccc(-n2cnc3ccccc3c2=O)cc1. The summed E-state index contributed by atoms with van der Waals surface area (Å²) in [5.74, 6) is -1.65. The van der Waals surface area contributed by atoms with Crippen LogP contribution >= 0.6 is 0 Å². The van der Waals surface area contributed by atoms with Crippen molar-refractivity contribution in [2.75, 3.05) is 5.32 Å². The maximum atomic E-state index is 12.7. The van der Waals surface area contributed by atoms with Gasteiger partial charge < -0.3 is 14.8 Å². The zero-order chi connectivity index (χ0) is 24.2. The van der Waals surface area contributed by atoms with E-state index >= 15 is 0 Å². The minimum Gasteiger partial charge on any atom is -0.435 e. The van der Waals surface area contributed by atoms with E-state index in [0.29, 0.717) is 16.6 Å². The van der Waals surface area contributed by atoms with Gasteiger partial charge in [-0.15, -0.1) is 0 Å². The Hall–Kier alpha value is -4.41. The van der Waals surface area contributed by atoms with Crippen LogP contribution in [0.5, 0.6) is 11.5 Å². The molecule has 0 saturated carbocycles. The van der Waals surface area contributed by atoms with Crippen molar-refractivity contribution < 1.29 is 31.8 Å². The molecule has 0 aliphatic carbocycles. The molecule has 0 aliphatic heterocycles. The summed E-state index contributed by atoms with van der Waals surface area (Å²) in [5.41, 5.74) is 0.677. The zero-order valence-corrected chi connectivity index (χ0v) is 17.1. The average molecular weight is 473 g/mol. The van der Waals surface area contributed by atoms with Crippen LogP contribution in [0.3, 0.4) is 0 Å².